The van der Waals surface area contributed by atoms with E-state index in [2.05, 4.69) is 0 Å². The second kappa shape index (κ2) is 5.25. The molecule has 2 aromatic rings. The molecular weight excluding hydrogens is 315 g/mol. The summed E-state index contributed by atoms with van der Waals surface area (Å²) in [5.74, 6) is 0. The van der Waals surface area contributed by atoms with Crippen molar-refractivity contribution in [3.8, 4) is 0 Å². The summed E-state index contributed by atoms with van der Waals surface area (Å²) in [5, 5.41) is 0. The third-order valence-corrected chi connectivity index (χ3v) is 2.30. The molecule has 0 aromatic carbocycles. The molecule has 0 spiro atoms. The maximum atomic E-state index is 11.3. The molecule has 0 unspecified atom stereocenters. The molecule has 0 saturated heterocycles. The molecule has 16 heavy (non-hydrogen) atoms. The van der Waals surface area contributed by atoms with Crippen molar-refractivity contribution in [2.45, 2.75) is 13.8 Å². The molecule has 3 nitrogen and oxygen atoms in total. The van der Waals surface area contributed by atoms with E-state index in [9.17, 15) is 4.79 Å². The van der Waals surface area contributed by atoms with Crippen LogP contribution < -0.4 is 34.1 Å². The zero-order valence-electron chi connectivity index (χ0n) is 9.22. The number of pyridine rings is 2. The largest absolute Gasteiger partial charge is 1.00 e. The Hall–Kier alpha value is -1.17. The lowest BCUT2D eigenvalue weighted by Crippen LogP contribution is -3.00. The van der Waals surface area contributed by atoms with Crippen molar-refractivity contribution >= 4 is 0 Å². The Morgan fingerprint density at radius 2 is 1.50 bits per heavy atom. The van der Waals surface area contributed by atoms with E-state index in [1.54, 1.807) is 12.1 Å². The van der Waals surface area contributed by atoms with E-state index in [1.165, 1.54) is 0 Å². The van der Waals surface area contributed by atoms with E-state index in [0.29, 0.717) is 0 Å². The highest BCUT2D eigenvalue weighted by molar-refractivity contribution is 5.10. The molecular formula is C12H13IN2O. The monoisotopic (exact) mass is 328 g/mol. The summed E-state index contributed by atoms with van der Waals surface area (Å²) >= 11 is 0. The minimum absolute atomic E-state index is 0. The van der Waals surface area contributed by atoms with Gasteiger partial charge in [0.15, 0.2) is 17.8 Å². The van der Waals surface area contributed by atoms with Crippen molar-refractivity contribution in [2.24, 2.45) is 0 Å². The summed E-state index contributed by atoms with van der Waals surface area (Å²) in [4.78, 5) is 11.3. The Bertz CT molecular complexity index is 508. The lowest BCUT2D eigenvalue weighted by Gasteiger charge is -2.06. The highest BCUT2D eigenvalue weighted by Crippen LogP contribution is 1.96. The lowest BCUT2D eigenvalue weighted by molar-refractivity contribution is -0.729. The Labute approximate surface area is 111 Å². The fourth-order valence-corrected chi connectivity index (χ4v) is 1.74. The molecule has 4 heteroatoms. The summed E-state index contributed by atoms with van der Waals surface area (Å²) in [6, 6.07) is 9.14. The molecule has 0 saturated carbocycles. The molecule has 2 rings (SSSR count). The lowest BCUT2D eigenvalue weighted by atomic mass is 10.3. The normalized spacial score (nSPS) is 9.62. The van der Waals surface area contributed by atoms with Crippen LogP contribution in [0.5, 0.6) is 0 Å². The number of aryl methyl sites for hydroxylation is 2. The first kappa shape index (κ1) is 12.9. The van der Waals surface area contributed by atoms with Gasteiger partial charge in [-0.05, 0) is 13.8 Å². The van der Waals surface area contributed by atoms with E-state index in [0.717, 1.165) is 11.4 Å². The van der Waals surface area contributed by atoms with Gasteiger partial charge in [-0.1, -0.05) is 10.7 Å². The van der Waals surface area contributed by atoms with Gasteiger partial charge in [0, 0.05) is 24.3 Å². The van der Waals surface area contributed by atoms with Crippen molar-refractivity contribution in [1.82, 2.24) is 4.68 Å². The molecule has 0 aliphatic rings. The van der Waals surface area contributed by atoms with Crippen LogP contribution >= 0.6 is 0 Å². The molecule has 2 heterocycles. The number of rotatable bonds is 1. The van der Waals surface area contributed by atoms with Gasteiger partial charge < -0.3 is 24.0 Å². The highest BCUT2D eigenvalue weighted by Gasteiger charge is 2.08. The fourth-order valence-electron chi connectivity index (χ4n) is 1.74. The van der Waals surface area contributed by atoms with Gasteiger partial charge in [0.2, 0.25) is 0 Å². The first-order valence-electron chi connectivity index (χ1n) is 4.86. The van der Waals surface area contributed by atoms with E-state index in [4.69, 9.17) is 0 Å². The first-order valence-corrected chi connectivity index (χ1v) is 4.86. The number of halogens is 1. The summed E-state index contributed by atoms with van der Waals surface area (Å²) in [6.45, 7) is 3.85. The van der Waals surface area contributed by atoms with E-state index in [-0.39, 0.29) is 29.4 Å². The second-order valence-corrected chi connectivity index (χ2v) is 3.54. The van der Waals surface area contributed by atoms with Crippen LogP contribution in [0.15, 0.2) is 47.5 Å². The topological polar surface area (TPSA) is 25.9 Å². The highest BCUT2D eigenvalue weighted by atomic mass is 127. The number of hydrogen-bond donors (Lipinski definition) is 0. The molecule has 0 aliphatic heterocycles. The average molecular weight is 328 g/mol. The van der Waals surface area contributed by atoms with Crippen molar-refractivity contribution in [1.29, 1.82) is 0 Å². The molecule has 84 valence electrons. The van der Waals surface area contributed by atoms with Gasteiger partial charge >= 0.3 is 0 Å². The van der Waals surface area contributed by atoms with Gasteiger partial charge in [-0.2, -0.15) is 0 Å². The van der Waals surface area contributed by atoms with Crippen molar-refractivity contribution < 1.29 is 28.7 Å². The van der Waals surface area contributed by atoms with Crippen LogP contribution in [0.4, 0.5) is 0 Å². The van der Waals surface area contributed by atoms with Crippen LogP contribution in [0.1, 0.15) is 11.4 Å². The summed E-state index contributed by atoms with van der Waals surface area (Å²) in [7, 11) is 0. The predicted octanol–water partition coefficient (Wildman–Crippen LogP) is -1.93. The van der Waals surface area contributed by atoms with Gasteiger partial charge in [0.1, 0.15) is 0 Å². The summed E-state index contributed by atoms with van der Waals surface area (Å²) in [5.41, 5.74) is 1.91. The zero-order chi connectivity index (χ0) is 10.8. The van der Waals surface area contributed by atoms with E-state index < -0.39 is 0 Å². The maximum absolute atomic E-state index is 11.3. The molecule has 0 radical (unpaired) electrons. The number of nitrogens with zero attached hydrogens (tertiary/aromatic N) is 2. The van der Waals surface area contributed by atoms with Gasteiger partial charge in [-0.25, -0.2) is 0 Å². The minimum Gasteiger partial charge on any atom is -1.00 e. The summed E-state index contributed by atoms with van der Waals surface area (Å²) in [6.07, 6.45) is 3.90. The minimum atomic E-state index is 0. The molecule has 0 aliphatic carbocycles. The van der Waals surface area contributed by atoms with Crippen LogP contribution in [0.3, 0.4) is 0 Å². The smallest absolute Gasteiger partial charge is 0.200 e. The summed E-state index contributed by atoms with van der Waals surface area (Å²) < 4.78 is 3.94. The quantitative estimate of drug-likeness (QED) is 0.442. The second-order valence-electron chi connectivity index (χ2n) is 3.54. The molecule has 0 bridgehead atoms. The fraction of sp³-hybridized carbons (Fsp3) is 0.167. The zero-order valence-corrected chi connectivity index (χ0v) is 11.4. The standard InChI is InChI=1S/C12H13N2O.HI/c1-10-8-12(15)9-11(2)14(10)13-6-4-3-5-7-13;/h3-9H,1-2H3;1H/q+1;/p-1. The van der Waals surface area contributed by atoms with Crippen molar-refractivity contribution in [2.75, 3.05) is 0 Å². The Kier molecular flexibility index (Phi) is 4.23. The van der Waals surface area contributed by atoms with Crippen LogP contribution in [-0.2, 0) is 0 Å². The predicted molar refractivity (Wildman–Crippen MR) is 57.6 cm³/mol. The van der Waals surface area contributed by atoms with Gasteiger partial charge in [-0.3, -0.25) is 4.79 Å². The van der Waals surface area contributed by atoms with Gasteiger partial charge in [-0.15, -0.1) is 4.68 Å². The first-order chi connectivity index (χ1) is 7.18. The van der Waals surface area contributed by atoms with Crippen molar-refractivity contribution in [3.05, 3.63) is 64.3 Å². The molecule has 0 atom stereocenters. The van der Waals surface area contributed by atoms with E-state index >= 15 is 0 Å². The van der Waals surface area contributed by atoms with Crippen LogP contribution in [-0.4, -0.2) is 4.68 Å². The van der Waals surface area contributed by atoms with Gasteiger partial charge in [0.25, 0.3) is 0 Å². The Morgan fingerprint density at radius 1 is 1.00 bits per heavy atom. The van der Waals surface area contributed by atoms with E-state index in [1.807, 2.05) is 53.8 Å². The van der Waals surface area contributed by atoms with Crippen molar-refractivity contribution in [3.63, 3.8) is 0 Å². The Morgan fingerprint density at radius 3 is 2.00 bits per heavy atom. The molecule has 0 amide bonds. The third kappa shape index (κ3) is 2.49. The van der Waals surface area contributed by atoms with Gasteiger partial charge in [0.05, 0.1) is 11.4 Å². The number of aromatic nitrogens is 2. The molecule has 0 fully saturated rings. The van der Waals surface area contributed by atoms with Crippen LogP contribution in [0.25, 0.3) is 0 Å². The molecule has 0 N–H and O–H groups in total. The third-order valence-electron chi connectivity index (χ3n) is 2.30. The average Bonchev–Trinajstić information content (AvgIpc) is 2.17. The van der Waals surface area contributed by atoms with Crippen LogP contribution in [0.2, 0.25) is 0 Å². The SMILES string of the molecule is Cc1cc(=O)cc(C)n1-[n+]1ccccc1.[I-]. The maximum Gasteiger partial charge on any atom is 0.200 e. The Balaban J connectivity index is 0.00000128. The van der Waals surface area contributed by atoms with Crippen LogP contribution in [0, 0.1) is 13.8 Å². The number of hydrogen-bond acceptors (Lipinski definition) is 1. The molecule has 2 aromatic heterocycles.